The molecular formula is C11H8FN5O2S. The summed E-state index contributed by atoms with van der Waals surface area (Å²) in [5.41, 5.74) is 0.686. The van der Waals surface area contributed by atoms with Crippen molar-refractivity contribution < 1.29 is 14.3 Å². The number of nitriles is 1. The number of benzene rings is 1. The normalized spacial score (nSPS) is 10.2. The number of hydrogen-bond donors (Lipinski definition) is 1. The summed E-state index contributed by atoms with van der Waals surface area (Å²) >= 11 is 1.21. The van der Waals surface area contributed by atoms with Crippen LogP contribution in [0.3, 0.4) is 0 Å². The van der Waals surface area contributed by atoms with Crippen LogP contribution in [0.25, 0.3) is 0 Å². The van der Waals surface area contributed by atoms with E-state index in [1.165, 1.54) is 23.9 Å². The fourth-order valence-electron chi connectivity index (χ4n) is 1.42. The van der Waals surface area contributed by atoms with Crippen LogP contribution in [-0.4, -0.2) is 31.3 Å². The largest absolute Gasteiger partial charge is 0.480 e. The van der Waals surface area contributed by atoms with Gasteiger partial charge in [-0.3, -0.25) is 4.79 Å². The van der Waals surface area contributed by atoms with E-state index in [1.807, 2.05) is 0 Å². The van der Waals surface area contributed by atoms with Gasteiger partial charge < -0.3 is 5.11 Å². The van der Waals surface area contributed by atoms with Gasteiger partial charge in [0.15, 0.2) is 0 Å². The zero-order chi connectivity index (χ0) is 14.5. The van der Waals surface area contributed by atoms with Gasteiger partial charge in [0.1, 0.15) is 18.4 Å². The molecule has 0 aliphatic rings. The molecule has 0 aliphatic carbocycles. The van der Waals surface area contributed by atoms with Crippen LogP contribution < -0.4 is 0 Å². The summed E-state index contributed by atoms with van der Waals surface area (Å²) in [7, 11) is 0. The Bertz CT molecular complexity index is 682. The number of aromatic nitrogens is 4. The number of halogens is 1. The van der Waals surface area contributed by atoms with Gasteiger partial charge in [-0.2, -0.15) is 5.26 Å². The highest BCUT2D eigenvalue weighted by molar-refractivity contribution is 7.98. The molecule has 2 aromatic rings. The number of tetrazole rings is 1. The molecule has 0 saturated carbocycles. The van der Waals surface area contributed by atoms with E-state index in [1.54, 1.807) is 12.1 Å². The molecule has 0 saturated heterocycles. The first-order valence-corrected chi connectivity index (χ1v) is 6.38. The average molecular weight is 293 g/mol. The van der Waals surface area contributed by atoms with Gasteiger partial charge in [-0.05, 0) is 28.1 Å². The quantitative estimate of drug-likeness (QED) is 0.822. The second kappa shape index (κ2) is 6.12. The monoisotopic (exact) mass is 293 g/mol. The standard InChI is InChI=1S/C11H8FN5O2S/c12-9-2-1-7(3-8(9)4-13)6-20-11-14-15-16-17(11)5-10(18)19/h1-3H,5-6H2,(H,18,19). The molecule has 2 rings (SSSR count). The minimum Gasteiger partial charge on any atom is -0.480 e. The Hall–Kier alpha value is -2.47. The SMILES string of the molecule is N#Cc1cc(CSc2nnnn2CC(=O)O)ccc1F. The van der Waals surface area contributed by atoms with Crippen LogP contribution in [0.2, 0.25) is 0 Å². The van der Waals surface area contributed by atoms with Crippen LogP contribution in [-0.2, 0) is 17.1 Å². The van der Waals surface area contributed by atoms with E-state index in [-0.39, 0.29) is 12.1 Å². The van der Waals surface area contributed by atoms with Crippen molar-refractivity contribution in [2.24, 2.45) is 0 Å². The smallest absolute Gasteiger partial charge is 0.325 e. The molecule has 1 N–H and O–H groups in total. The first kappa shape index (κ1) is 14.0. The molecule has 102 valence electrons. The number of carboxylic acid groups (broad SMARTS) is 1. The molecule has 0 radical (unpaired) electrons. The molecular weight excluding hydrogens is 285 g/mol. The molecule has 0 aliphatic heterocycles. The predicted octanol–water partition coefficient (Wildman–Crippen LogP) is 1.06. The molecule has 0 fully saturated rings. The third-order valence-electron chi connectivity index (χ3n) is 2.30. The van der Waals surface area contributed by atoms with Gasteiger partial charge in [0.25, 0.3) is 0 Å². The molecule has 1 aromatic carbocycles. The highest BCUT2D eigenvalue weighted by atomic mass is 32.2. The highest BCUT2D eigenvalue weighted by Gasteiger charge is 2.11. The summed E-state index contributed by atoms with van der Waals surface area (Å²) in [6, 6.07) is 5.96. The van der Waals surface area contributed by atoms with E-state index < -0.39 is 11.8 Å². The van der Waals surface area contributed by atoms with Gasteiger partial charge in [0, 0.05) is 5.75 Å². The number of aliphatic carboxylic acids is 1. The molecule has 9 heteroatoms. The predicted molar refractivity (Wildman–Crippen MR) is 66.1 cm³/mol. The van der Waals surface area contributed by atoms with Gasteiger partial charge in [-0.1, -0.05) is 17.8 Å². The number of hydrogen-bond acceptors (Lipinski definition) is 6. The summed E-state index contributed by atoms with van der Waals surface area (Å²) in [5.74, 6) is -1.22. The number of rotatable bonds is 5. The molecule has 0 spiro atoms. The summed E-state index contributed by atoms with van der Waals surface area (Å²) in [5, 5.41) is 28.4. The van der Waals surface area contributed by atoms with Crippen LogP contribution in [0.5, 0.6) is 0 Å². The Morgan fingerprint density at radius 3 is 3.05 bits per heavy atom. The van der Waals surface area contributed by atoms with E-state index in [0.29, 0.717) is 10.9 Å². The third-order valence-corrected chi connectivity index (χ3v) is 3.33. The summed E-state index contributed by atoms with van der Waals surface area (Å²) in [6.07, 6.45) is 0. The van der Waals surface area contributed by atoms with Crippen LogP contribution in [0.15, 0.2) is 23.4 Å². The fraction of sp³-hybridized carbons (Fsp3) is 0.182. The minimum absolute atomic E-state index is 0.0340. The Kier molecular flexibility index (Phi) is 4.27. The Morgan fingerprint density at radius 2 is 2.35 bits per heavy atom. The zero-order valence-electron chi connectivity index (χ0n) is 10.0. The molecule has 1 heterocycles. The van der Waals surface area contributed by atoms with Gasteiger partial charge in [-0.25, -0.2) is 9.07 Å². The molecule has 0 bridgehead atoms. The van der Waals surface area contributed by atoms with Crippen molar-refractivity contribution in [1.82, 2.24) is 20.2 Å². The Morgan fingerprint density at radius 1 is 1.55 bits per heavy atom. The third kappa shape index (κ3) is 3.30. The molecule has 0 amide bonds. The van der Waals surface area contributed by atoms with Crippen molar-refractivity contribution in [3.05, 3.63) is 35.1 Å². The lowest BCUT2D eigenvalue weighted by molar-refractivity contribution is -0.138. The molecule has 0 unspecified atom stereocenters. The Labute approximate surface area is 117 Å². The second-order valence-electron chi connectivity index (χ2n) is 3.73. The lowest BCUT2D eigenvalue weighted by atomic mass is 10.1. The van der Waals surface area contributed by atoms with E-state index >= 15 is 0 Å². The summed E-state index contributed by atoms with van der Waals surface area (Å²) < 4.78 is 14.3. The van der Waals surface area contributed by atoms with Crippen molar-refractivity contribution in [3.63, 3.8) is 0 Å². The topological polar surface area (TPSA) is 105 Å². The second-order valence-corrected chi connectivity index (χ2v) is 4.67. The number of thioether (sulfide) groups is 1. The number of nitrogens with zero attached hydrogens (tertiary/aromatic N) is 5. The Balaban J connectivity index is 2.08. The van der Waals surface area contributed by atoms with E-state index in [9.17, 15) is 9.18 Å². The van der Waals surface area contributed by atoms with Gasteiger partial charge >= 0.3 is 5.97 Å². The fourth-order valence-corrected chi connectivity index (χ4v) is 2.24. The molecule has 7 nitrogen and oxygen atoms in total. The molecule has 1 aromatic heterocycles. The van der Waals surface area contributed by atoms with Crippen molar-refractivity contribution >= 4 is 17.7 Å². The zero-order valence-corrected chi connectivity index (χ0v) is 10.8. The average Bonchev–Trinajstić information content (AvgIpc) is 2.84. The molecule has 20 heavy (non-hydrogen) atoms. The van der Waals surface area contributed by atoms with E-state index in [0.717, 1.165) is 10.2 Å². The molecule has 0 atom stereocenters. The lowest BCUT2D eigenvalue weighted by Gasteiger charge is -2.03. The van der Waals surface area contributed by atoms with Crippen molar-refractivity contribution in [2.75, 3.05) is 0 Å². The van der Waals surface area contributed by atoms with Crippen LogP contribution in [0.4, 0.5) is 4.39 Å². The first-order chi connectivity index (χ1) is 9.60. The summed E-state index contributed by atoms with van der Waals surface area (Å²) in [6.45, 7) is -0.331. The number of carbonyl (C=O) groups is 1. The van der Waals surface area contributed by atoms with Crippen LogP contribution in [0, 0.1) is 17.1 Å². The van der Waals surface area contributed by atoms with E-state index in [4.69, 9.17) is 10.4 Å². The van der Waals surface area contributed by atoms with Crippen LogP contribution >= 0.6 is 11.8 Å². The van der Waals surface area contributed by atoms with Gasteiger partial charge in [0.05, 0.1) is 5.56 Å². The van der Waals surface area contributed by atoms with Gasteiger partial charge in [-0.15, -0.1) is 5.10 Å². The van der Waals surface area contributed by atoms with Gasteiger partial charge in [0.2, 0.25) is 5.16 Å². The first-order valence-electron chi connectivity index (χ1n) is 5.39. The highest BCUT2D eigenvalue weighted by Crippen LogP contribution is 2.21. The van der Waals surface area contributed by atoms with Crippen LogP contribution in [0.1, 0.15) is 11.1 Å². The van der Waals surface area contributed by atoms with E-state index in [2.05, 4.69) is 15.5 Å². The minimum atomic E-state index is -1.05. The van der Waals surface area contributed by atoms with Crippen molar-refractivity contribution in [3.8, 4) is 6.07 Å². The maximum absolute atomic E-state index is 13.2. The number of carboxylic acids is 1. The van der Waals surface area contributed by atoms with Crippen molar-refractivity contribution in [1.29, 1.82) is 5.26 Å². The lowest BCUT2D eigenvalue weighted by Crippen LogP contribution is -2.11. The van der Waals surface area contributed by atoms with Crippen molar-refractivity contribution in [2.45, 2.75) is 17.5 Å². The summed E-state index contributed by atoms with van der Waals surface area (Å²) in [4.78, 5) is 10.6. The maximum Gasteiger partial charge on any atom is 0.325 e. The maximum atomic E-state index is 13.2.